The first-order valence-electron chi connectivity index (χ1n) is 7.21. The zero-order valence-corrected chi connectivity index (χ0v) is 11.5. The van der Waals surface area contributed by atoms with Crippen LogP contribution in [-0.4, -0.2) is 11.6 Å². The number of aromatic nitrogens is 1. The van der Waals surface area contributed by atoms with Crippen LogP contribution in [0.1, 0.15) is 35.3 Å². The average Bonchev–Trinajstić information content (AvgIpc) is 2.97. The first-order chi connectivity index (χ1) is 9.83. The van der Waals surface area contributed by atoms with Crippen LogP contribution in [0.3, 0.4) is 0 Å². The van der Waals surface area contributed by atoms with E-state index in [-0.39, 0.29) is 6.10 Å². The summed E-state index contributed by atoms with van der Waals surface area (Å²) in [5.74, 6) is 0.506. The molecule has 1 saturated heterocycles. The molecule has 3 nitrogen and oxygen atoms in total. The van der Waals surface area contributed by atoms with Crippen molar-refractivity contribution in [2.75, 3.05) is 11.9 Å². The minimum Gasteiger partial charge on any atom is -0.378 e. The van der Waals surface area contributed by atoms with Gasteiger partial charge in [0.25, 0.3) is 0 Å². The van der Waals surface area contributed by atoms with E-state index < -0.39 is 0 Å². The minimum absolute atomic E-state index is 0.226. The Morgan fingerprint density at radius 1 is 1.20 bits per heavy atom. The smallest absolute Gasteiger partial charge is 0.0896 e. The quantitative estimate of drug-likeness (QED) is 0.855. The van der Waals surface area contributed by atoms with Gasteiger partial charge < -0.3 is 10.1 Å². The Morgan fingerprint density at radius 2 is 2.05 bits per heavy atom. The number of rotatable bonds is 1. The largest absolute Gasteiger partial charge is 0.378 e. The van der Waals surface area contributed by atoms with Gasteiger partial charge in [0.05, 0.1) is 12.1 Å². The molecular formula is C17H18N2O. The lowest BCUT2D eigenvalue weighted by Crippen LogP contribution is -2.29. The summed E-state index contributed by atoms with van der Waals surface area (Å²) >= 11 is 0. The Hall–Kier alpha value is -1.87. The van der Waals surface area contributed by atoms with Gasteiger partial charge in [0.1, 0.15) is 0 Å². The molecule has 1 aromatic carbocycles. The van der Waals surface area contributed by atoms with Crippen LogP contribution in [0.2, 0.25) is 0 Å². The van der Waals surface area contributed by atoms with Crippen molar-refractivity contribution < 1.29 is 4.74 Å². The average molecular weight is 266 g/mol. The molecule has 2 aromatic rings. The van der Waals surface area contributed by atoms with E-state index in [1.807, 2.05) is 12.4 Å². The normalized spacial score (nSPS) is 27.6. The summed E-state index contributed by atoms with van der Waals surface area (Å²) in [6.07, 6.45) is 5.07. The van der Waals surface area contributed by atoms with Crippen molar-refractivity contribution in [1.29, 1.82) is 0 Å². The van der Waals surface area contributed by atoms with E-state index >= 15 is 0 Å². The van der Waals surface area contributed by atoms with E-state index in [2.05, 4.69) is 47.6 Å². The molecule has 2 aliphatic rings. The number of nitrogens with one attached hydrogen (secondary N) is 1. The summed E-state index contributed by atoms with van der Waals surface area (Å²) in [7, 11) is 0. The predicted octanol–water partition coefficient (Wildman–Crippen LogP) is 3.63. The highest BCUT2D eigenvalue weighted by Gasteiger charge is 2.41. The SMILES string of the molecule is Cc1ccc2c(c1)C1OCCC1C(c1ccncc1)N2. The molecule has 0 saturated carbocycles. The Kier molecular flexibility index (Phi) is 2.74. The number of nitrogens with zero attached hydrogens (tertiary/aromatic N) is 1. The fourth-order valence-electron chi connectivity index (χ4n) is 3.49. The third kappa shape index (κ3) is 1.81. The first-order valence-corrected chi connectivity index (χ1v) is 7.21. The van der Waals surface area contributed by atoms with E-state index in [0.717, 1.165) is 13.0 Å². The molecule has 4 rings (SSSR count). The van der Waals surface area contributed by atoms with Crippen LogP contribution in [0.4, 0.5) is 5.69 Å². The van der Waals surface area contributed by atoms with Crippen molar-refractivity contribution in [2.24, 2.45) is 5.92 Å². The minimum atomic E-state index is 0.226. The fourth-order valence-corrected chi connectivity index (χ4v) is 3.49. The molecule has 0 amide bonds. The van der Waals surface area contributed by atoms with Gasteiger partial charge in [0.15, 0.2) is 0 Å². The van der Waals surface area contributed by atoms with E-state index in [9.17, 15) is 0 Å². The van der Waals surface area contributed by atoms with Gasteiger partial charge in [-0.3, -0.25) is 4.98 Å². The molecule has 0 radical (unpaired) electrons. The molecule has 0 spiro atoms. The van der Waals surface area contributed by atoms with Crippen LogP contribution in [0.25, 0.3) is 0 Å². The number of hydrogen-bond donors (Lipinski definition) is 1. The molecular weight excluding hydrogens is 248 g/mol. The summed E-state index contributed by atoms with van der Waals surface area (Å²) in [5, 5.41) is 3.70. The van der Waals surface area contributed by atoms with Gasteiger partial charge in [0, 0.05) is 36.2 Å². The zero-order valence-electron chi connectivity index (χ0n) is 11.5. The lowest BCUT2D eigenvalue weighted by molar-refractivity contribution is 0.0829. The number of hydrogen-bond acceptors (Lipinski definition) is 3. The molecule has 2 aliphatic heterocycles. The maximum absolute atomic E-state index is 6.03. The van der Waals surface area contributed by atoms with Gasteiger partial charge in [-0.2, -0.15) is 0 Å². The number of anilines is 1. The monoisotopic (exact) mass is 266 g/mol. The van der Waals surface area contributed by atoms with Gasteiger partial charge in [-0.05, 0) is 37.1 Å². The van der Waals surface area contributed by atoms with Crippen LogP contribution in [-0.2, 0) is 4.74 Å². The summed E-state index contributed by atoms with van der Waals surface area (Å²) in [6.45, 7) is 2.99. The molecule has 3 unspecified atom stereocenters. The Labute approximate surface area is 119 Å². The summed E-state index contributed by atoms with van der Waals surface area (Å²) in [5.41, 5.74) is 5.12. The second-order valence-electron chi connectivity index (χ2n) is 5.74. The molecule has 0 aliphatic carbocycles. The van der Waals surface area contributed by atoms with Crippen LogP contribution in [0.15, 0.2) is 42.7 Å². The lowest BCUT2D eigenvalue weighted by atomic mass is 9.81. The van der Waals surface area contributed by atoms with Crippen LogP contribution in [0.5, 0.6) is 0 Å². The van der Waals surface area contributed by atoms with Crippen molar-refractivity contribution in [3.05, 3.63) is 59.4 Å². The topological polar surface area (TPSA) is 34.1 Å². The first kappa shape index (κ1) is 11.9. The van der Waals surface area contributed by atoms with Gasteiger partial charge in [-0.15, -0.1) is 0 Å². The van der Waals surface area contributed by atoms with Crippen molar-refractivity contribution in [3.63, 3.8) is 0 Å². The van der Waals surface area contributed by atoms with E-state index in [0.29, 0.717) is 12.0 Å². The number of fused-ring (bicyclic) bond motifs is 3. The highest BCUT2D eigenvalue weighted by Crippen LogP contribution is 2.49. The zero-order chi connectivity index (χ0) is 13.5. The molecule has 3 heteroatoms. The predicted molar refractivity (Wildman–Crippen MR) is 78.6 cm³/mol. The molecule has 0 bridgehead atoms. The van der Waals surface area contributed by atoms with Crippen molar-refractivity contribution >= 4 is 5.69 Å². The summed E-state index contributed by atoms with van der Waals surface area (Å²) in [4.78, 5) is 4.12. The highest BCUT2D eigenvalue weighted by atomic mass is 16.5. The van der Waals surface area contributed by atoms with E-state index in [1.54, 1.807) is 0 Å². The fraction of sp³-hybridized carbons (Fsp3) is 0.353. The van der Waals surface area contributed by atoms with Crippen molar-refractivity contribution in [1.82, 2.24) is 4.98 Å². The van der Waals surface area contributed by atoms with E-state index in [4.69, 9.17) is 4.74 Å². The van der Waals surface area contributed by atoms with Crippen LogP contribution < -0.4 is 5.32 Å². The Bertz CT molecular complexity index is 626. The van der Waals surface area contributed by atoms with Crippen LogP contribution in [0, 0.1) is 12.8 Å². The molecule has 1 N–H and O–H groups in total. The molecule has 3 atom stereocenters. The van der Waals surface area contributed by atoms with Gasteiger partial charge in [0.2, 0.25) is 0 Å². The molecule has 1 fully saturated rings. The lowest BCUT2D eigenvalue weighted by Gasteiger charge is -2.36. The number of benzene rings is 1. The van der Waals surface area contributed by atoms with Gasteiger partial charge >= 0.3 is 0 Å². The third-order valence-electron chi connectivity index (χ3n) is 4.46. The van der Waals surface area contributed by atoms with Crippen molar-refractivity contribution in [3.8, 4) is 0 Å². The molecule has 1 aromatic heterocycles. The van der Waals surface area contributed by atoms with Gasteiger partial charge in [-0.1, -0.05) is 17.7 Å². The van der Waals surface area contributed by atoms with Gasteiger partial charge in [-0.25, -0.2) is 0 Å². The molecule has 3 heterocycles. The standard InChI is InChI=1S/C17H18N2O/c1-11-2-3-15-14(10-11)17-13(6-9-20-17)16(19-15)12-4-7-18-8-5-12/h2-5,7-8,10,13,16-17,19H,6,9H2,1H3. The van der Waals surface area contributed by atoms with E-state index in [1.165, 1.54) is 22.4 Å². The number of pyridine rings is 1. The maximum Gasteiger partial charge on any atom is 0.0896 e. The summed E-state index contributed by atoms with van der Waals surface area (Å²) in [6, 6.07) is 11.1. The highest BCUT2D eigenvalue weighted by molar-refractivity contribution is 5.58. The van der Waals surface area contributed by atoms with Crippen LogP contribution >= 0.6 is 0 Å². The second-order valence-corrected chi connectivity index (χ2v) is 5.74. The third-order valence-corrected chi connectivity index (χ3v) is 4.46. The Morgan fingerprint density at radius 3 is 2.90 bits per heavy atom. The van der Waals surface area contributed by atoms with Crippen molar-refractivity contribution in [2.45, 2.75) is 25.5 Å². The number of ether oxygens (including phenoxy) is 1. The molecule has 102 valence electrons. The Balaban J connectivity index is 1.79. The molecule has 20 heavy (non-hydrogen) atoms. The second kappa shape index (κ2) is 4.60. The summed E-state index contributed by atoms with van der Waals surface area (Å²) < 4.78 is 6.03. The number of aryl methyl sites for hydroxylation is 1. The maximum atomic E-state index is 6.03.